The average Bonchev–Trinajstić information content (AvgIpc) is 3.36. The second-order valence-electron chi connectivity index (χ2n) is 21.4. The summed E-state index contributed by atoms with van der Waals surface area (Å²) in [7, 11) is 1.93. The largest absolute Gasteiger partial charge is 0.508 e. The molecule has 12 heteroatoms. The van der Waals surface area contributed by atoms with Crippen molar-refractivity contribution >= 4 is 45.8 Å². The average molecular weight is 994 g/mol. The Kier molecular flexibility index (Phi) is 13.0. The molecule has 0 spiro atoms. The Morgan fingerprint density at radius 2 is 1.47 bits per heavy atom. The molecule has 3 atom stereocenters. The summed E-state index contributed by atoms with van der Waals surface area (Å²) < 4.78 is 18.4. The Morgan fingerprint density at radius 3 is 2.20 bits per heavy atom. The predicted octanol–water partition coefficient (Wildman–Crippen LogP) is 10.5. The summed E-state index contributed by atoms with van der Waals surface area (Å²) in [6, 6.07) is 38.9. The highest BCUT2D eigenvalue weighted by atomic mass is 16.5. The number of nitrogens with zero attached hydrogens (tertiary/aromatic N) is 3. The molecule has 0 fully saturated rings. The first-order chi connectivity index (χ1) is 35.4. The smallest absolute Gasteiger partial charge is 0.336 e. The van der Waals surface area contributed by atoms with E-state index in [1.807, 2.05) is 72.3 Å². The number of phenols is 1. The monoisotopic (exact) mass is 993 g/mol. The zero-order valence-corrected chi connectivity index (χ0v) is 42.8. The molecule has 0 saturated heterocycles. The molecule has 5 aromatic rings. The van der Waals surface area contributed by atoms with Gasteiger partial charge in [0.05, 0.1) is 24.1 Å². The number of carbonyl (C=O) groups is 3. The van der Waals surface area contributed by atoms with E-state index in [0.717, 1.165) is 78.5 Å². The van der Waals surface area contributed by atoms with E-state index in [1.54, 1.807) is 24.3 Å². The van der Waals surface area contributed by atoms with E-state index >= 15 is 0 Å². The minimum Gasteiger partial charge on any atom is -0.508 e. The number of allylic oxidation sites excluding steroid dienone is 1. The Balaban J connectivity index is 1.14. The summed E-state index contributed by atoms with van der Waals surface area (Å²) in [5, 5.41) is 43.8. The quantitative estimate of drug-likeness (QED) is 0.0609. The van der Waals surface area contributed by atoms with Crippen molar-refractivity contribution < 1.29 is 44.0 Å². The molecule has 10 rings (SSSR count). The van der Waals surface area contributed by atoms with Crippen LogP contribution in [0.4, 0.5) is 11.4 Å². The molecule has 378 valence electrons. The molecule has 5 aliphatic rings. The third-order valence-corrected chi connectivity index (χ3v) is 15.6. The zero-order valence-electron chi connectivity index (χ0n) is 42.8. The SMILES string of the molecule is CC1CC(C)(CC2=CC(c3ccccc3)=c3cc4c(cc3O2)=[N+](CCCC(=O)O)C(C)(C)CC4C)N(CCCC(=O)O)c2cc3oc4cc(=[N+](C)c5ccc(O)cc5)ccc-4c(-c4ccccc4C(=O)O)c3cc21. The zero-order chi connectivity index (χ0) is 52.2. The molecule has 1 aliphatic carbocycles. The Morgan fingerprint density at radius 1 is 0.770 bits per heavy atom. The van der Waals surface area contributed by atoms with Crippen LogP contribution in [-0.4, -0.2) is 69.5 Å². The first-order valence-corrected chi connectivity index (χ1v) is 25.6. The lowest BCUT2D eigenvalue weighted by Crippen LogP contribution is -2.53. The van der Waals surface area contributed by atoms with Gasteiger partial charge in [-0.3, -0.25) is 9.59 Å². The molecular weight excluding hydrogens is 931 g/mol. The number of hydrogen-bond donors (Lipinski definition) is 4. The van der Waals surface area contributed by atoms with Gasteiger partial charge in [0.2, 0.25) is 16.4 Å². The number of rotatable bonds is 14. The van der Waals surface area contributed by atoms with Crippen molar-refractivity contribution in [2.75, 3.05) is 25.0 Å². The second-order valence-corrected chi connectivity index (χ2v) is 21.4. The Bertz CT molecular complexity index is 3610. The van der Waals surface area contributed by atoms with Crippen molar-refractivity contribution in [2.45, 2.75) is 102 Å². The molecule has 0 radical (unpaired) electrons. The number of fused-ring (bicyclic) bond motifs is 5. The lowest BCUT2D eigenvalue weighted by atomic mass is 9.75. The van der Waals surface area contributed by atoms with E-state index < -0.39 is 23.4 Å². The van der Waals surface area contributed by atoms with Crippen molar-refractivity contribution in [2.24, 2.45) is 0 Å². The molecule has 0 saturated carbocycles. The number of aromatic hydroxyl groups is 1. The van der Waals surface area contributed by atoms with Crippen LogP contribution in [0.1, 0.15) is 118 Å². The molecule has 3 unspecified atom stereocenters. The Labute approximate surface area is 430 Å². The topological polar surface area (TPSA) is 164 Å². The molecule has 4 aliphatic heterocycles. The van der Waals surface area contributed by atoms with Crippen molar-refractivity contribution in [1.82, 2.24) is 9.15 Å². The lowest BCUT2D eigenvalue weighted by Gasteiger charge is -2.50. The number of carboxylic acids is 3. The van der Waals surface area contributed by atoms with Crippen molar-refractivity contribution in [3.63, 3.8) is 0 Å². The second kappa shape index (κ2) is 19.5. The highest BCUT2D eigenvalue weighted by molar-refractivity contribution is 6.08. The number of benzene rings is 6. The van der Waals surface area contributed by atoms with Gasteiger partial charge < -0.3 is 34.5 Å². The van der Waals surface area contributed by atoms with E-state index in [1.165, 1.54) is 5.56 Å². The summed E-state index contributed by atoms with van der Waals surface area (Å²) in [6.45, 7) is 12.2. The van der Waals surface area contributed by atoms with Crippen molar-refractivity contribution in [3.8, 4) is 33.9 Å². The standard InChI is InChI=1S/C62H61N3O9/c1-37-34-61(3,4)64(26-12-18-57(67)68)52-32-55-50(30-47(37)52)49(39-14-8-7-9-15-39)29-43(73-55)36-62(5)35-38(2)48-31-51-56(33-53(48)65(62)27-13-19-58(69)70)74-54-28-41(63(6)40-20-23-42(66)24-21-40)22-25-46(54)59(51)44-16-10-11-17-45(44)60(71)72/h7-11,14-17,20-25,28-33,37-38H,12-13,18-19,26-27,34-36H2,1-6H3,(H2-2,66,67,68,69,70,71,72)/p+2. The van der Waals surface area contributed by atoms with Crippen molar-refractivity contribution in [3.05, 3.63) is 171 Å². The number of anilines is 1. The summed E-state index contributed by atoms with van der Waals surface area (Å²) >= 11 is 0. The van der Waals surface area contributed by atoms with Gasteiger partial charge in [0.15, 0.2) is 5.54 Å². The molecule has 0 aromatic heterocycles. The van der Waals surface area contributed by atoms with Crippen LogP contribution >= 0.6 is 0 Å². The van der Waals surface area contributed by atoms with Crippen LogP contribution in [0.5, 0.6) is 11.5 Å². The Hall–Kier alpha value is -7.99. The first kappa shape index (κ1) is 49.6. The predicted molar refractivity (Wildman–Crippen MR) is 288 cm³/mol. The third-order valence-electron chi connectivity index (χ3n) is 15.6. The number of aromatic carboxylic acids is 1. The van der Waals surface area contributed by atoms with Crippen LogP contribution in [0, 0.1) is 0 Å². The molecule has 12 nitrogen and oxygen atoms in total. The highest BCUT2D eigenvalue weighted by Crippen LogP contribution is 2.51. The van der Waals surface area contributed by atoms with Gasteiger partial charge in [-0.1, -0.05) is 62.4 Å². The van der Waals surface area contributed by atoms with Gasteiger partial charge in [-0.2, -0.15) is 4.58 Å². The number of phenolic OH excluding ortho intramolecular Hbond substituents is 1. The maximum absolute atomic E-state index is 12.9. The fraction of sp³-hybridized carbons (Fsp3) is 0.306. The first-order valence-electron chi connectivity index (χ1n) is 25.6. The molecule has 0 bridgehead atoms. The maximum atomic E-state index is 12.9. The van der Waals surface area contributed by atoms with Gasteiger partial charge in [0, 0.05) is 95.0 Å². The molecule has 4 N–H and O–H groups in total. The van der Waals surface area contributed by atoms with Crippen LogP contribution in [0.3, 0.4) is 0 Å². The normalized spacial score (nSPS) is 19.3. The molecular formula is C62H63N3O9+2. The minimum absolute atomic E-state index is 0.00104. The van der Waals surface area contributed by atoms with Gasteiger partial charge in [-0.15, -0.1) is 0 Å². The highest BCUT2D eigenvalue weighted by Gasteiger charge is 2.43. The molecule has 0 amide bonds. The minimum atomic E-state index is -1.04. The van der Waals surface area contributed by atoms with Crippen molar-refractivity contribution in [1.29, 1.82) is 0 Å². The van der Waals surface area contributed by atoms with Crippen LogP contribution in [0.15, 0.2) is 138 Å². The van der Waals surface area contributed by atoms with E-state index in [2.05, 4.69) is 86.6 Å². The van der Waals surface area contributed by atoms with E-state index in [-0.39, 0.29) is 41.5 Å². The van der Waals surface area contributed by atoms with Crippen LogP contribution in [0.25, 0.3) is 39.0 Å². The number of ether oxygens (including phenoxy) is 1. The lowest BCUT2D eigenvalue weighted by molar-refractivity contribution is -0.138. The van der Waals surface area contributed by atoms with Gasteiger partial charge in [-0.05, 0) is 110 Å². The van der Waals surface area contributed by atoms with Crippen LogP contribution in [0.2, 0.25) is 0 Å². The van der Waals surface area contributed by atoms with Crippen LogP contribution in [-0.2, 0) is 9.59 Å². The molecule has 5 aromatic carbocycles. The summed E-state index contributed by atoms with van der Waals surface area (Å²) in [5.74, 6) is -0.259. The van der Waals surface area contributed by atoms with E-state index in [4.69, 9.17) is 9.15 Å². The van der Waals surface area contributed by atoms with Crippen LogP contribution < -0.4 is 34.7 Å². The fourth-order valence-corrected chi connectivity index (χ4v) is 12.2. The van der Waals surface area contributed by atoms with Gasteiger partial charge >= 0.3 is 17.9 Å². The van der Waals surface area contributed by atoms with E-state index in [0.29, 0.717) is 55.7 Å². The summed E-state index contributed by atoms with van der Waals surface area (Å²) in [6.07, 6.45) is 5.24. The van der Waals surface area contributed by atoms with E-state index in [9.17, 15) is 34.8 Å². The summed E-state index contributed by atoms with van der Waals surface area (Å²) in [4.78, 5) is 39.1. The van der Waals surface area contributed by atoms with Gasteiger partial charge in [0.1, 0.15) is 42.2 Å². The molecule has 74 heavy (non-hydrogen) atoms. The number of carboxylic acid groups (broad SMARTS) is 3. The maximum Gasteiger partial charge on any atom is 0.336 e. The number of aliphatic carboxylic acids is 2. The van der Waals surface area contributed by atoms with Gasteiger partial charge in [-0.25, -0.2) is 9.37 Å². The fourth-order valence-electron chi connectivity index (χ4n) is 12.2. The molecule has 4 heterocycles. The summed E-state index contributed by atoms with van der Waals surface area (Å²) in [5.41, 5.74) is 8.07. The number of hydrogen-bond acceptors (Lipinski definition) is 7. The third kappa shape index (κ3) is 9.33. The van der Waals surface area contributed by atoms with Gasteiger partial charge in [0.25, 0.3) is 0 Å².